The summed E-state index contributed by atoms with van der Waals surface area (Å²) in [5.41, 5.74) is 8.62. The van der Waals surface area contributed by atoms with Crippen LogP contribution in [0.4, 0.5) is 23.7 Å². The maximum Gasteiger partial charge on any atom is 0.430 e. The Kier molecular flexibility index (Phi) is 11.8. The molecule has 0 aromatic heterocycles. The van der Waals surface area contributed by atoms with Crippen LogP contribution < -0.4 is 25.6 Å². The molecule has 3 aromatic carbocycles. The number of aromatic hydroxyl groups is 1. The molecule has 2 aliphatic heterocycles. The van der Waals surface area contributed by atoms with E-state index >= 15 is 0 Å². The van der Waals surface area contributed by atoms with Crippen LogP contribution in [0.2, 0.25) is 0 Å². The van der Waals surface area contributed by atoms with Crippen LogP contribution in [0.3, 0.4) is 0 Å². The number of nitrogens with one attached hydrogen (secondary N) is 1. The number of likely N-dealkylation sites (tertiary alicyclic amines) is 1. The summed E-state index contributed by atoms with van der Waals surface area (Å²) in [5, 5.41) is 21.4. The molecular formula is C34H37F3N4O9. The molecule has 0 radical (unpaired) electrons. The first-order valence-electron chi connectivity index (χ1n) is 15.5. The molecule has 268 valence electrons. The zero-order valence-corrected chi connectivity index (χ0v) is 27.3. The fraction of sp³-hybridized carbons (Fsp3) is 0.353. The van der Waals surface area contributed by atoms with Gasteiger partial charge < -0.3 is 49.7 Å². The number of likely N-dealkylation sites (N-methyl/N-ethyl adjacent to an activating group) is 1. The van der Waals surface area contributed by atoms with Gasteiger partial charge in [0, 0.05) is 24.1 Å². The van der Waals surface area contributed by atoms with Gasteiger partial charge >= 0.3 is 18.2 Å². The summed E-state index contributed by atoms with van der Waals surface area (Å²) in [6.07, 6.45) is -4.34. The van der Waals surface area contributed by atoms with Crippen molar-refractivity contribution in [2.75, 3.05) is 38.9 Å². The molecule has 1 saturated heterocycles. The number of phenolic OH excluding ortho intramolecular Hbond substituents is 1. The number of ether oxygens (including phenoxy) is 3. The minimum Gasteiger partial charge on any atom is -0.542 e. The number of benzene rings is 3. The van der Waals surface area contributed by atoms with E-state index in [0.717, 1.165) is 29.2 Å². The Morgan fingerprint density at radius 3 is 2.26 bits per heavy atom. The van der Waals surface area contributed by atoms with Crippen molar-refractivity contribution < 1.29 is 61.3 Å². The number of nitrogens with zero attached hydrogens (tertiary/aromatic N) is 2. The number of alkyl halides is 3. The van der Waals surface area contributed by atoms with Gasteiger partial charge in [-0.3, -0.25) is 4.79 Å². The SMILES string of the molecule is CCOC(=O)c1ccc(NC(=O)N(C2CC[N+](C)(Cc3ccc4c(c3)OCO4)C2)[C@@H](Cc2ccc(O)cc2)C(N)=O)cc1.O=C([O-])C(F)(F)F. The van der Waals surface area contributed by atoms with Crippen LogP contribution in [0.5, 0.6) is 17.2 Å². The van der Waals surface area contributed by atoms with Crippen LogP contribution in [-0.4, -0.2) is 90.2 Å². The number of fused-ring (bicyclic) bond motifs is 1. The summed E-state index contributed by atoms with van der Waals surface area (Å²) in [6, 6.07) is 17.1. The second kappa shape index (κ2) is 15.8. The Bertz CT molecular complexity index is 1690. The topological polar surface area (TPSA) is 181 Å². The van der Waals surface area contributed by atoms with E-state index in [2.05, 4.69) is 12.4 Å². The molecule has 3 atom stereocenters. The number of amides is 3. The number of aliphatic carboxylic acids is 1. The van der Waals surface area contributed by atoms with Gasteiger partial charge in [-0.05, 0) is 67.1 Å². The summed E-state index contributed by atoms with van der Waals surface area (Å²) in [4.78, 5) is 49.3. The number of anilines is 1. The second-order valence-electron chi connectivity index (χ2n) is 12.0. The number of urea groups is 1. The molecule has 3 aromatic rings. The van der Waals surface area contributed by atoms with Crippen molar-refractivity contribution in [3.63, 3.8) is 0 Å². The number of carbonyl (C=O) groups is 4. The van der Waals surface area contributed by atoms with Crippen LogP contribution in [-0.2, 0) is 27.3 Å². The highest BCUT2D eigenvalue weighted by molar-refractivity contribution is 5.95. The largest absolute Gasteiger partial charge is 0.542 e. The molecular weight excluding hydrogens is 665 g/mol. The van der Waals surface area contributed by atoms with Crippen LogP contribution in [0, 0.1) is 0 Å². The molecule has 13 nitrogen and oxygen atoms in total. The number of quaternary nitrogens is 1. The van der Waals surface area contributed by atoms with Gasteiger partial charge in [0.15, 0.2) is 11.5 Å². The predicted molar refractivity (Wildman–Crippen MR) is 170 cm³/mol. The average Bonchev–Trinajstić information content (AvgIpc) is 3.68. The van der Waals surface area contributed by atoms with Crippen molar-refractivity contribution in [3.05, 3.63) is 83.4 Å². The van der Waals surface area contributed by atoms with Crippen molar-refractivity contribution in [2.45, 2.75) is 44.6 Å². The van der Waals surface area contributed by atoms with E-state index in [-0.39, 0.29) is 31.6 Å². The third kappa shape index (κ3) is 9.78. The van der Waals surface area contributed by atoms with E-state index in [0.29, 0.717) is 35.2 Å². The first-order valence-corrected chi connectivity index (χ1v) is 15.5. The van der Waals surface area contributed by atoms with Gasteiger partial charge in [-0.25, -0.2) is 9.59 Å². The Morgan fingerprint density at radius 1 is 1.04 bits per heavy atom. The number of hydrogen-bond acceptors (Lipinski definition) is 9. The fourth-order valence-corrected chi connectivity index (χ4v) is 5.85. The number of carboxylic acid groups (broad SMARTS) is 1. The zero-order chi connectivity index (χ0) is 36.6. The number of primary amides is 1. The minimum atomic E-state index is -5.19. The number of hydrogen-bond donors (Lipinski definition) is 3. The normalized spacial score (nSPS) is 18.3. The number of esters is 1. The summed E-state index contributed by atoms with van der Waals surface area (Å²) < 4.78 is 48.2. The number of carboxylic acids is 1. The van der Waals surface area contributed by atoms with Gasteiger partial charge in [-0.1, -0.05) is 12.1 Å². The first kappa shape index (κ1) is 37.3. The maximum atomic E-state index is 13.9. The summed E-state index contributed by atoms with van der Waals surface area (Å²) in [5.74, 6) is -2.53. The monoisotopic (exact) mass is 702 g/mol. The second-order valence-corrected chi connectivity index (χ2v) is 12.0. The lowest BCUT2D eigenvalue weighted by atomic mass is 10.0. The number of halogens is 3. The van der Waals surface area contributed by atoms with Crippen LogP contribution >= 0.6 is 0 Å². The lowest BCUT2D eigenvalue weighted by Crippen LogP contribution is -2.56. The lowest BCUT2D eigenvalue weighted by molar-refractivity contribution is -0.911. The van der Waals surface area contributed by atoms with E-state index in [1.807, 2.05) is 18.2 Å². The summed E-state index contributed by atoms with van der Waals surface area (Å²) >= 11 is 0. The molecule has 3 amide bonds. The van der Waals surface area contributed by atoms with E-state index in [4.69, 9.17) is 29.8 Å². The van der Waals surface area contributed by atoms with Crippen LogP contribution in [0.1, 0.15) is 34.8 Å². The highest BCUT2D eigenvalue weighted by atomic mass is 19.4. The van der Waals surface area contributed by atoms with E-state index in [1.54, 1.807) is 48.2 Å². The zero-order valence-electron chi connectivity index (χ0n) is 27.3. The van der Waals surface area contributed by atoms with Crippen molar-refractivity contribution in [3.8, 4) is 17.2 Å². The maximum absolute atomic E-state index is 13.9. The van der Waals surface area contributed by atoms with Crippen molar-refractivity contribution in [1.29, 1.82) is 0 Å². The van der Waals surface area contributed by atoms with Gasteiger partial charge in [0.1, 0.15) is 24.3 Å². The van der Waals surface area contributed by atoms with Gasteiger partial charge in [-0.15, -0.1) is 0 Å². The molecule has 0 bridgehead atoms. The average molecular weight is 703 g/mol. The molecule has 2 unspecified atom stereocenters. The molecule has 0 aliphatic carbocycles. The number of nitrogens with two attached hydrogens (primary N) is 1. The smallest absolute Gasteiger partial charge is 0.430 e. The Morgan fingerprint density at radius 2 is 1.66 bits per heavy atom. The van der Waals surface area contributed by atoms with Crippen molar-refractivity contribution in [1.82, 2.24) is 4.90 Å². The Balaban J connectivity index is 0.000000727. The molecule has 5 rings (SSSR count). The number of phenols is 1. The Labute approximate surface area is 285 Å². The number of rotatable bonds is 10. The highest BCUT2D eigenvalue weighted by Crippen LogP contribution is 2.35. The van der Waals surface area contributed by atoms with Crippen LogP contribution in [0.15, 0.2) is 66.7 Å². The van der Waals surface area contributed by atoms with E-state index < -0.39 is 36.1 Å². The summed E-state index contributed by atoms with van der Waals surface area (Å²) in [7, 11) is 2.13. The molecule has 2 heterocycles. The van der Waals surface area contributed by atoms with E-state index in [1.165, 1.54) is 12.1 Å². The highest BCUT2D eigenvalue weighted by Gasteiger charge is 2.44. The lowest BCUT2D eigenvalue weighted by Gasteiger charge is -2.36. The number of carbonyl (C=O) groups excluding carboxylic acids is 4. The summed E-state index contributed by atoms with van der Waals surface area (Å²) in [6.45, 7) is 4.28. The molecule has 4 N–H and O–H groups in total. The third-order valence-corrected chi connectivity index (χ3v) is 8.19. The molecule has 1 fully saturated rings. The van der Waals surface area contributed by atoms with Gasteiger partial charge in [-0.2, -0.15) is 13.2 Å². The standard InChI is InChI=1S/C32H36N4O7.C2HF3O2/c1-3-41-31(39)23-7-9-24(10-8-23)34-32(40)35(27(30(33)38)16-21-4-11-26(37)12-5-21)25-14-15-36(2,19-25)18-22-6-13-28-29(17-22)43-20-42-28;3-2(4,5)1(6)7/h4-13,17,25,27H,3,14-16,18-20H2,1-2H3,(H3-,33,34,37,38,39,40);(H,6,7)/t25?,27-,36?;/m0./s1. The van der Waals surface area contributed by atoms with Crippen molar-refractivity contribution >= 4 is 29.6 Å². The Hall–Kier alpha value is -5.51. The third-order valence-electron chi connectivity index (χ3n) is 8.19. The molecule has 50 heavy (non-hydrogen) atoms. The first-order chi connectivity index (χ1) is 23.6. The van der Waals surface area contributed by atoms with E-state index in [9.17, 15) is 32.7 Å². The fourth-order valence-electron chi connectivity index (χ4n) is 5.85. The van der Waals surface area contributed by atoms with Crippen LogP contribution in [0.25, 0.3) is 0 Å². The predicted octanol–water partition coefficient (Wildman–Crippen LogP) is 2.95. The molecule has 0 saturated carbocycles. The molecule has 16 heteroatoms. The molecule has 2 aliphatic rings. The molecule has 0 spiro atoms. The van der Waals surface area contributed by atoms with Gasteiger partial charge in [0.05, 0.1) is 38.3 Å². The minimum absolute atomic E-state index is 0.104. The quantitative estimate of drug-likeness (QED) is 0.212. The van der Waals surface area contributed by atoms with Gasteiger partial charge in [0.25, 0.3) is 0 Å². The van der Waals surface area contributed by atoms with Gasteiger partial charge in [0.2, 0.25) is 12.7 Å². The van der Waals surface area contributed by atoms with Crippen molar-refractivity contribution in [2.24, 2.45) is 5.73 Å².